The van der Waals surface area contributed by atoms with Crippen molar-refractivity contribution < 1.29 is 9.90 Å². The number of carbonyl (C=O) groups is 1. The van der Waals surface area contributed by atoms with Crippen LogP contribution in [0.4, 0.5) is 0 Å². The van der Waals surface area contributed by atoms with Gasteiger partial charge in [-0.25, -0.2) is 0 Å². The number of carboxylic acid groups (broad SMARTS) is 1. The molecule has 0 aromatic heterocycles. The normalized spacial score (nSPS) is 10.2. The van der Waals surface area contributed by atoms with E-state index in [0.717, 1.165) is 19.5 Å². The van der Waals surface area contributed by atoms with E-state index in [1.165, 1.54) is 0 Å². The fourth-order valence-corrected chi connectivity index (χ4v) is 1.05. The van der Waals surface area contributed by atoms with Gasteiger partial charge in [-0.1, -0.05) is 13.0 Å². The van der Waals surface area contributed by atoms with Crippen LogP contribution in [0.2, 0.25) is 0 Å². The number of hydrogen-bond donors (Lipinski definition) is 1. The van der Waals surface area contributed by atoms with Gasteiger partial charge in [0, 0.05) is 13.1 Å². The van der Waals surface area contributed by atoms with E-state index in [0.29, 0.717) is 6.54 Å². The molecule has 0 saturated carbocycles. The molecule has 1 N–H and O–H groups in total. The monoisotopic (exact) mass is 171 g/mol. The fraction of sp³-hybridized carbons (Fsp3) is 0.667. The summed E-state index contributed by atoms with van der Waals surface area (Å²) in [7, 11) is 0. The second-order valence-corrected chi connectivity index (χ2v) is 2.73. The Balaban J connectivity index is 3.61. The van der Waals surface area contributed by atoms with Crippen LogP contribution in [0.25, 0.3) is 0 Å². The Morgan fingerprint density at radius 3 is 2.67 bits per heavy atom. The van der Waals surface area contributed by atoms with Gasteiger partial charge in [-0.2, -0.15) is 0 Å². The van der Waals surface area contributed by atoms with Gasteiger partial charge in [0.05, 0.1) is 6.42 Å². The smallest absolute Gasteiger partial charge is 0.304 e. The topological polar surface area (TPSA) is 40.5 Å². The van der Waals surface area contributed by atoms with Crippen LogP contribution in [0.1, 0.15) is 19.8 Å². The third-order valence-corrected chi connectivity index (χ3v) is 1.57. The molecule has 0 spiro atoms. The van der Waals surface area contributed by atoms with Crippen LogP contribution in [-0.2, 0) is 4.79 Å². The van der Waals surface area contributed by atoms with Gasteiger partial charge in [0.15, 0.2) is 0 Å². The zero-order valence-corrected chi connectivity index (χ0v) is 7.62. The first-order valence-electron chi connectivity index (χ1n) is 4.25. The number of hydrogen-bond acceptors (Lipinski definition) is 2. The molecule has 0 saturated heterocycles. The van der Waals surface area contributed by atoms with Crippen molar-refractivity contribution in [1.82, 2.24) is 4.90 Å². The van der Waals surface area contributed by atoms with Gasteiger partial charge in [0.25, 0.3) is 0 Å². The Labute approximate surface area is 73.7 Å². The van der Waals surface area contributed by atoms with Crippen LogP contribution >= 0.6 is 0 Å². The lowest BCUT2D eigenvalue weighted by Crippen LogP contribution is -2.27. The third-order valence-electron chi connectivity index (χ3n) is 1.57. The molecule has 0 aromatic rings. The van der Waals surface area contributed by atoms with Crippen molar-refractivity contribution in [3.05, 3.63) is 12.7 Å². The van der Waals surface area contributed by atoms with E-state index in [1.807, 2.05) is 0 Å². The molecule has 0 fully saturated rings. The summed E-state index contributed by atoms with van der Waals surface area (Å²) in [5.41, 5.74) is 0. The minimum atomic E-state index is -0.736. The van der Waals surface area contributed by atoms with Crippen LogP contribution in [0.15, 0.2) is 12.7 Å². The Bertz CT molecular complexity index is 145. The molecule has 0 aliphatic rings. The first-order chi connectivity index (χ1) is 5.70. The van der Waals surface area contributed by atoms with Crippen LogP contribution in [-0.4, -0.2) is 35.6 Å². The number of aliphatic carboxylic acids is 1. The maximum Gasteiger partial charge on any atom is 0.304 e. The molecule has 0 heterocycles. The summed E-state index contributed by atoms with van der Waals surface area (Å²) in [4.78, 5) is 12.3. The molecule has 0 aliphatic heterocycles. The zero-order valence-electron chi connectivity index (χ0n) is 7.62. The van der Waals surface area contributed by atoms with E-state index in [1.54, 1.807) is 6.08 Å². The molecule has 0 aliphatic carbocycles. The second-order valence-electron chi connectivity index (χ2n) is 2.73. The van der Waals surface area contributed by atoms with E-state index in [9.17, 15) is 4.79 Å². The molecule has 0 rings (SSSR count). The highest BCUT2D eigenvalue weighted by atomic mass is 16.4. The van der Waals surface area contributed by atoms with E-state index in [-0.39, 0.29) is 6.42 Å². The molecule has 12 heavy (non-hydrogen) atoms. The minimum absolute atomic E-state index is 0.216. The maximum absolute atomic E-state index is 10.3. The highest BCUT2D eigenvalue weighted by Gasteiger charge is 2.03. The predicted molar refractivity (Wildman–Crippen MR) is 49.2 cm³/mol. The maximum atomic E-state index is 10.3. The predicted octanol–water partition coefficient (Wildman–Crippen LogP) is 1.36. The van der Waals surface area contributed by atoms with E-state index < -0.39 is 5.97 Å². The van der Waals surface area contributed by atoms with Crippen LogP contribution in [0.5, 0.6) is 0 Å². The zero-order chi connectivity index (χ0) is 9.40. The van der Waals surface area contributed by atoms with Crippen molar-refractivity contribution in [3.8, 4) is 0 Å². The summed E-state index contributed by atoms with van der Waals surface area (Å²) in [5.74, 6) is -0.736. The first kappa shape index (κ1) is 11.2. The number of carboxylic acids is 1. The third kappa shape index (κ3) is 5.92. The molecule has 0 bridgehead atoms. The molecule has 0 atom stereocenters. The van der Waals surface area contributed by atoms with Crippen LogP contribution < -0.4 is 0 Å². The Kier molecular flexibility index (Phi) is 6.38. The summed E-state index contributed by atoms with van der Waals surface area (Å²) < 4.78 is 0. The Hall–Kier alpha value is -0.830. The number of nitrogens with zero attached hydrogens (tertiary/aromatic N) is 1. The quantitative estimate of drug-likeness (QED) is 0.588. The average Bonchev–Trinajstić information content (AvgIpc) is 2.01. The van der Waals surface area contributed by atoms with Gasteiger partial charge in [-0.3, -0.25) is 9.69 Å². The summed E-state index contributed by atoms with van der Waals surface area (Å²) in [6.07, 6.45) is 3.07. The highest BCUT2D eigenvalue weighted by Crippen LogP contribution is 1.94. The van der Waals surface area contributed by atoms with Gasteiger partial charge in [0.1, 0.15) is 0 Å². The lowest BCUT2D eigenvalue weighted by atomic mass is 10.3. The summed E-state index contributed by atoms with van der Waals surface area (Å²) in [5, 5.41) is 8.45. The molecule has 3 nitrogen and oxygen atoms in total. The molecule has 0 amide bonds. The van der Waals surface area contributed by atoms with Gasteiger partial charge in [-0.05, 0) is 13.0 Å². The SMILES string of the molecule is C=CCN(CCC)CCC(=O)O. The molecule has 0 unspecified atom stereocenters. The summed E-state index contributed by atoms with van der Waals surface area (Å²) in [6.45, 7) is 8.04. The lowest BCUT2D eigenvalue weighted by molar-refractivity contribution is -0.137. The Morgan fingerprint density at radius 2 is 2.25 bits per heavy atom. The molecule has 0 radical (unpaired) electrons. The van der Waals surface area contributed by atoms with E-state index >= 15 is 0 Å². The minimum Gasteiger partial charge on any atom is -0.481 e. The van der Waals surface area contributed by atoms with Crippen molar-refractivity contribution in [2.75, 3.05) is 19.6 Å². The molecule has 0 aromatic carbocycles. The van der Waals surface area contributed by atoms with Crippen molar-refractivity contribution >= 4 is 5.97 Å². The van der Waals surface area contributed by atoms with Crippen LogP contribution in [0.3, 0.4) is 0 Å². The number of rotatable bonds is 7. The van der Waals surface area contributed by atoms with Crippen molar-refractivity contribution in [2.45, 2.75) is 19.8 Å². The van der Waals surface area contributed by atoms with Crippen molar-refractivity contribution in [2.24, 2.45) is 0 Å². The van der Waals surface area contributed by atoms with Gasteiger partial charge < -0.3 is 5.11 Å². The highest BCUT2D eigenvalue weighted by molar-refractivity contribution is 5.66. The van der Waals surface area contributed by atoms with Gasteiger partial charge in [0.2, 0.25) is 0 Å². The van der Waals surface area contributed by atoms with Crippen molar-refractivity contribution in [3.63, 3.8) is 0 Å². The van der Waals surface area contributed by atoms with E-state index in [2.05, 4.69) is 18.4 Å². The Morgan fingerprint density at radius 1 is 1.58 bits per heavy atom. The van der Waals surface area contributed by atoms with Gasteiger partial charge in [-0.15, -0.1) is 6.58 Å². The average molecular weight is 171 g/mol. The van der Waals surface area contributed by atoms with E-state index in [4.69, 9.17) is 5.11 Å². The standard InChI is InChI=1S/C9H17NO2/c1-3-6-10(7-4-2)8-5-9(11)12/h3H,1,4-8H2,2H3,(H,11,12). The summed E-state index contributed by atoms with van der Waals surface area (Å²) in [6, 6.07) is 0. The lowest BCUT2D eigenvalue weighted by Gasteiger charge is -2.18. The van der Waals surface area contributed by atoms with Crippen LogP contribution in [0, 0.1) is 0 Å². The molecular weight excluding hydrogens is 154 g/mol. The fourth-order valence-electron chi connectivity index (χ4n) is 1.05. The summed E-state index contributed by atoms with van der Waals surface area (Å²) >= 11 is 0. The largest absolute Gasteiger partial charge is 0.481 e. The van der Waals surface area contributed by atoms with Gasteiger partial charge >= 0.3 is 5.97 Å². The molecule has 70 valence electrons. The molecular formula is C9H17NO2. The second kappa shape index (κ2) is 6.85. The molecule has 3 heteroatoms. The first-order valence-corrected chi connectivity index (χ1v) is 4.25. The van der Waals surface area contributed by atoms with Crippen molar-refractivity contribution in [1.29, 1.82) is 0 Å².